The summed E-state index contributed by atoms with van der Waals surface area (Å²) >= 11 is 14.9. The number of nitrogens with one attached hydrogen (secondary N) is 1. The number of ether oxygens (including phenoxy) is 1. The molecular formula is C26H25Cl2IN5O3P. The number of pyridine rings is 2. The van der Waals surface area contributed by atoms with E-state index >= 15 is 0 Å². The number of nitrogens with zero attached hydrogens (tertiary/aromatic N) is 4. The Kier molecular flexibility index (Phi) is 9.23. The molecule has 0 aliphatic carbocycles. The van der Waals surface area contributed by atoms with Crippen molar-refractivity contribution in [2.45, 2.75) is 33.3 Å². The predicted octanol–water partition coefficient (Wildman–Crippen LogP) is 7.08. The highest BCUT2D eigenvalue weighted by Crippen LogP contribution is 2.38. The van der Waals surface area contributed by atoms with Crippen LogP contribution in [0.1, 0.15) is 49.3 Å². The van der Waals surface area contributed by atoms with Crippen molar-refractivity contribution in [2.75, 3.05) is 6.54 Å². The van der Waals surface area contributed by atoms with Gasteiger partial charge in [-0.2, -0.15) is 5.10 Å². The summed E-state index contributed by atoms with van der Waals surface area (Å²) in [6.07, 6.45) is 5.92. The van der Waals surface area contributed by atoms with Crippen LogP contribution >= 0.6 is 51.6 Å². The van der Waals surface area contributed by atoms with E-state index in [1.54, 1.807) is 12.3 Å². The lowest BCUT2D eigenvalue weighted by Crippen LogP contribution is -2.34. The minimum absolute atomic E-state index is 0.291. The second-order valence-corrected chi connectivity index (χ2v) is 12.3. The van der Waals surface area contributed by atoms with E-state index in [-0.39, 0.29) is 11.3 Å². The van der Waals surface area contributed by atoms with Crippen molar-refractivity contribution in [1.29, 1.82) is 0 Å². The number of carbonyl (C=O) groups excluding carboxylic acids is 2. The van der Waals surface area contributed by atoms with Gasteiger partial charge < -0.3 is 14.8 Å². The van der Waals surface area contributed by atoms with Crippen molar-refractivity contribution in [3.63, 3.8) is 0 Å². The second-order valence-electron chi connectivity index (χ2n) is 9.45. The van der Waals surface area contributed by atoms with Gasteiger partial charge in [-0.1, -0.05) is 37.0 Å². The molecule has 12 heteroatoms. The van der Waals surface area contributed by atoms with Crippen LogP contribution < -0.4 is 10.1 Å². The van der Waals surface area contributed by atoms with E-state index in [2.05, 4.69) is 37.3 Å². The molecule has 1 unspecified atom stereocenters. The quantitative estimate of drug-likeness (QED) is 0.109. The highest BCUT2D eigenvalue weighted by Gasteiger charge is 2.21. The summed E-state index contributed by atoms with van der Waals surface area (Å²) < 4.78 is 8.12. The van der Waals surface area contributed by atoms with Crippen molar-refractivity contribution >= 4 is 74.7 Å². The summed E-state index contributed by atoms with van der Waals surface area (Å²) in [4.78, 5) is 31.8. The normalized spacial score (nSPS) is 12.7. The average molecular weight is 684 g/mol. The third kappa shape index (κ3) is 6.45. The number of carbonyl (C=O) groups is 2. The van der Waals surface area contributed by atoms with Gasteiger partial charge in [0.1, 0.15) is 29.5 Å². The monoisotopic (exact) mass is 683 g/mol. The molecule has 0 aliphatic rings. The molecule has 8 nitrogen and oxygen atoms in total. The fourth-order valence-corrected chi connectivity index (χ4v) is 6.10. The fraction of sp³-hybridized carbons (Fsp3) is 0.269. The summed E-state index contributed by atoms with van der Waals surface area (Å²) in [5, 5.41) is 9.41. The molecule has 0 bridgehead atoms. The number of aromatic nitrogens is 4. The highest BCUT2D eigenvalue weighted by molar-refractivity contribution is 14.2. The van der Waals surface area contributed by atoms with Gasteiger partial charge in [-0.25, -0.2) is 4.45 Å². The molecule has 0 fully saturated rings. The Bertz CT molecular complexity index is 1460. The molecule has 0 radical (unpaired) electrons. The smallest absolute Gasteiger partial charge is 0.269 e. The fourth-order valence-electron chi connectivity index (χ4n) is 3.90. The molecule has 198 valence electrons. The van der Waals surface area contributed by atoms with Crippen LogP contribution in [0.2, 0.25) is 10.0 Å². The first-order valence-electron chi connectivity index (χ1n) is 11.7. The van der Waals surface area contributed by atoms with Gasteiger partial charge in [0.15, 0.2) is 0 Å². The highest BCUT2D eigenvalue weighted by atomic mass is 127. The lowest BCUT2D eigenvalue weighted by atomic mass is 9.90. The predicted molar refractivity (Wildman–Crippen MR) is 161 cm³/mol. The topological polar surface area (TPSA) is 99.0 Å². The van der Waals surface area contributed by atoms with Crippen LogP contribution in [0.15, 0.2) is 48.9 Å². The Hall–Kier alpha value is -2.33. The van der Waals surface area contributed by atoms with Crippen molar-refractivity contribution in [3.8, 4) is 17.0 Å². The van der Waals surface area contributed by atoms with Crippen LogP contribution in [0.25, 0.3) is 22.2 Å². The summed E-state index contributed by atoms with van der Waals surface area (Å²) in [7, 11) is 0. The Morgan fingerprint density at radius 3 is 2.58 bits per heavy atom. The molecule has 4 aromatic rings. The summed E-state index contributed by atoms with van der Waals surface area (Å²) in [6.45, 7) is 6.09. The van der Waals surface area contributed by atoms with Crippen LogP contribution in [-0.2, 0) is 4.79 Å². The molecule has 3 aromatic heterocycles. The van der Waals surface area contributed by atoms with Gasteiger partial charge in [0, 0.05) is 48.1 Å². The molecular weight excluding hydrogens is 659 g/mol. The van der Waals surface area contributed by atoms with Gasteiger partial charge in [-0.15, -0.1) is 0 Å². The van der Waals surface area contributed by atoms with Crippen LogP contribution in [-0.4, -0.2) is 38.3 Å². The molecule has 0 aliphatic heterocycles. The largest absolute Gasteiger partial charge is 0.486 e. The summed E-state index contributed by atoms with van der Waals surface area (Å²) in [5.41, 5.74) is 3.08. The standard InChI is InChI=1S/C26H25Cl2IN5O3P/c1-15(23-19(27)12-30-13-20(23)28)37-17-5-7-22-18(10-17)24(33-34(22)38-29)16-4-6-21(31-11-16)25(36)32-14-26(2,3)8-9-35/h4-7,9-13,15,38H,8,14H2,1-3H3,(H,32,36)/t15-/m1/s1. The number of rotatable bonds is 10. The zero-order valence-electron chi connectivity index (χ0n) is 20.8. The van der Waals surface area contributed by atoms with Gasteiger partial charge in [-0.05, 0) is 64.7 Å². The maximum atomic E-state index is 12.6. The zero-order valence-corrected chi connectivity index (χ0v) is 25.5. The van der Waals surface area contributed by atoms with E-state index in [0.29, 0.717) is 46.4 Å². The first-order chi connectivity index (χ1) is 18.1. The number of halogens is 3. The lowest BCUT2D eigenvalue weighted by molar-refractivity contribution is -0.109. The number of aldehydes is 1. The van der Waals surface area contributed by atoms with Gasteiger partial charge >= 0.3 is 0 Å². The third-order valence-electron chi connectivity index (χ3n) is 5.97. The number of fused-ring (bicyclic) bond motifs is 1. The molecule has 4 rings (SSSR count). The van der Waals surface area contributed by atoms with Crippen molar-refractivity contribution < 1.29 is 14.3 Å². The van der Waals surface area contributed by atoms with E-state index < -0.39 is 6.10 Å². The molecule has 1 amide bonds. The molecule has 2 atom stereocenters. The van der Waals surface area contributed by atoms with Gasteiger partial charge in [0.05, 0.1) is 21.9 Å². The molecule has 1 N–H and O–H groups in total. The van der Waals surface area contributed by atoms with E-state index in [9.17, 15) is 9.59 Å². The minimum Gasteiger partial charge on any atom is -0.486 e. The Labute approximate surface area is 245 Å². The molecule has 0 saturated heterocycles. The average Bonchev–Trinajstić information content (AvgIpc) is 3.25. The van der Waals surface area contributed by atoms with Crippen molar-refractivity contribution in [3.05, 3.63) is 70.2 Å². The Morgan fingerprint density at radius 1 is 1.21 bits per heavy atom. The van der Waals surface area contributed by atoms with Crippen LogP contribution in [0.5, 0.6) is 5.75 Å². The minimum atomic E-state index is -0.406. The van der Waals surface area contributed by atoms with Crippen LogP contribution in [0.4, 0.5) is 0 Å². The van der Waals surface area contributed by atoms with E-state index in [4.69, 9.17) is 33.0 Å². The number of hydrogen-bond acceptors (Lipinski definition) is 6. The number of benzene rings is 1. The van der Waals surface area contributed by atoms with Crippen molar-refractivity contribution in [1.82, 2.24) is 24.8 Å². The van der Waals surface area contributed by atoms with Gasteiger partial charge in [-0.3, -0.25) is 14.8 Å². The summed E-state index contributed by atoms with van der Waals surface area (Å²) in [6, 6.07) is 9.28. The van der Waals surface area contributed by atoms with Crippen LogP contribution in [0.3, 0.4) is 0 Å². The van der Waals surface area contributed by atoms with E-state index in [0.717, 1.165) is 28.4 Å². The zero-order chi connectivity index (χ0) is 27.4. The Morgan fingerprint density at radius 2 is 1.95 bits per heavy atom. The van der Waals surface area contributed by atoms with E-state index in [1.807, 2.05) is 49.5 Å². The third-order valence-corrected chi connectivity index (χ3v) is 8.45. The molecule has 3 heterocycles. The van der Waals surface area contributed by atoms with Crippen molar-refractivity contribution in [2.24, 2.45) is 5.41 Å². The lowest BCUT2D eigenvalue weighted by Gasteiger charge is -2.21. The van der Waals surface area contributed by atoms with Crippen LogP contribution in [0, 0.1) is 5.41 Å². The maximum absolute atomic E-state index is 12.6. The molecule has 1 aromatic carbocycles. The summed E-state index contributed by atoms with van der Waals surface area (Å²) in [5.74, 6) is 0.339. The first-order valence-corrected chi connectivity index (χ1v) is 16.5. The SMILES string of the molecule is C[C@@H](Oc1ccc2c(c1)c(-c1ccc(C(=O)NCC(C)(C)CC=O)nc1)nn2PI)c1c(Cl)cncc1Cl. The molecule has 0 spiro atoms. The van der Waals surface area contributed by atoms with Gasteiger partial charge in [0.25, 0.3) is 5.91 Å². The molecule has 0 saturated carbocycles. The second kappa shape index (κ2) is 12.2. The Balaban J connectivity index is 1.60. The number of hydrogen-bond donors (Lipinski definition) is 1. The molecule has 38 heavy (non-hydrogen) atoms. The first kappa shape index (κ1) is 28.7. The van der Waals surface area contributed by atoms with Gasteiger partial charge in [0.2, 0.25) is 0 Å². The number of amides is 1. The maximum Gasteiger partial charge on any atom is 0.269 e. The van der Waals surface area contributed by atoms with E-state index in [1.165, 1.54) is 12.4 Å².